The van der Waals surface area contributed by atoms with Gasteiger partial charge in [0.2, 0.25) is 11.8 Å². The first kappa shape index (κ1) is 33.5. The highest BCUT2D eigenvalue weighted by Crippen LogP contribution is 2.31. The Morgan fingerprint density at radius 1 is 0.811 bits per heavy atom. The van der Waals surface area contributed by atoms with Gasteiger partial charge in [0.1, 0.15) is 18.0 Å². The number of phenols is 1. The largest absolute Gasteiger partial charge is 0.508 e. The first-order chi connectivity index (χ1) is 25.9. The number of hydrazine groups is 1. The summed E-state index contributed by atoms with van der Waals surface area (Å²) in [4.78, 5) is 55.5. The molecule has 0 bridgehead atoms. The van der Waals surface area contributed by atoms with Gasteiger partial charge >= 0.3 is 6.03 Å². The minimum atomic E-state index is -0.905. The second-order valence-corrected chi connectivity index (χ2v) is 13.2. The smallest absolute Gasteiger partial charge is 0.334 e. The summed E-state index contributed by atoms with van der Waals surface area (Å²) in [6.45, 7) is 0.662. The first-order valence-electron chi connectivity index (χ1n) is 17.4. The fourth-order valence-corrected chi connectivity index (χ4v) is 7.16. The van der Waals surface area contributed by atoms with Gasteiger partial charge in [0.05, 0.1) is 24.8 Å². The fourth-order valence-electron chi connectivity index (χ4n) is 7.16. The molecule has 0 radical (unpaired) electrons. The molecule has 2 N–H and O–H groups in total. The van der Waals surface area contributed by atoms with Crippen LogP contribution < -0.4 is 5.32 Å². The van der Waals surface area contributed by atoms with Crippen molar-refractivity contribution in [3.8, 4) is 11.6 Å². The van der Waals surface area contributed by atoms with Gasteiger partial charge < -0.3 is 20.2 Å². The van der Waals surface area contributed by atoms with Crippen LogP contribution in [0.4, 0.5) is 4.79 Å². The van der Waals surface area contributed by atoms with E-state index >= 15 is 0 Å². The van der Waals surface area contributed by atoms with Crippen LogP contribution in [0, 0.1) is 0 Å². The van der Waals surface area contributed by atoms with Crippen LogP contribution in [0.3, 0.4) is 0 Å². The Labute approximate surface area is 305 Å². The number of phenolic OH excluding ortho intramolecular Hbond substituents is 1. The van der Waals surface area contributed by atoms with E-state index in [0.717, 1.165) is 33.2 Å². The summed E-state index contributed by atoms with van der Waals surface area (Å²) in [6.07, 6.45) is 6.32. The third-order valence-electron chi connectivity index (χ3n) is 9.67. The van der Waals surface area contributed by atoms with Crippen LogP contribution in [0.5, 0.6) is 5.75 Å². The summed E-state index contributed by atoms with van der Waals surface area (Å²) in [7, 11) is 0. The van der Waals surface area contributed by atoms with Gasteiger partial charge in [-0.15, -0.1) is 0 Å². The molecule has 2 saturated heterocycles. The summed E-state index contributed by atoms with van der Waals surface area (Å²) in [5.41, 5.74) is 4.17. The standard InChI is InChI=1S/C40H37N9O4/c50-32-16-14-28(15-17-32)20-35-39(52)45(25-31-10-6-12-34-33(31)11-7-19-41-34)26-37-48(35)38(51)27-46(49(37)40(53)43-21-29-8-2-1-3-9-29)23-30-22-44-47(24-30)36-13-4-5-18-42-36/h1-19,22,24,35,37,50H,20-21,23,25-27H2,(H,43,53)/t35-,37-/m0/s1. The average Bonchev–Trinajstić information content (AvgIpc) is 3.66. The van der Waals surface area contributed by atoms with Crippen LogP contribution >= 0.6 is 0 Å². The molecule has 8 rings (SSSR count). The van der Waals surface area contributed by atoms with Crippen molar-refractivity contribution in [1.82, 2.24) is 44.9 Å². The number of nitrogens with zero attached hydrogens (tertiary/aromatic N) is 8. The number of rotatable bonds is 9. The van der Waals surface area contributed by atoms with E-state index < -0.39 is 18.2 Å². The van der Waals surface area contributed by atoms with E-state index in [0.29, 0.717) is 5.82 Å². The number of hydrogen-bond donors (Lipinski definition) is 2. The SMILES string of the molecule is O=C1[C@H](Cc2ccc(O)cc2)N2C(=O)CN(Cc3cnn(-c4ccccn4)c3)N(C(=O)NCc3ccccc3)[C@H]2CN1Cc1cccc2ncccc12. The second kappa shape index (κ2) is 14.6. The Kier molecular flexibility index (Phi) is 9.21. The van der Waals surface area contributed by atoms with Gasteiger partial charge in [-0.3, -0.25) is 14.6 Å². The maximum atomic E-state index is 14.6. The minimum Gasteiger partial charge on any atom is -0.508 e. The lowest BCUT2D eigenvalue weighted by atomic mass is 9.97. The molecule has 2 aliphatic rings. The summed E-state index contributed by atoms with van der Waals surface area (Å²) in [5.74, 6) is 0.244. The molecule has 3 aromatic heterocycles. The van der Waals surface area contributed by atoms with Gasteiger partial charge in [-0.25, -0.2) is 24.5 Å². The fraction of sp³-hybridized carbons (Fsp3) is 0.200. The van der Waals surface area contributed by atoms with Gasteiger partial charge in [-0.05, 0) is 53.1 Å². The molecule has 2 atom stereocenters. The van der Waals surface area contributed by atoms with Crippen molar-refractivity contribution in [2.24, 2.45) is 0 Å². The molecular weight excluding hydrogens is 670 g/mol. The van der Waals surface area contributed by atoms with Crippen molar-refractivity contribution in [3.05, 3.63) is 150 Å². The van der Waals surface area contributed by atoms with Crippen LogP contribution in [-0.2, 0) is 35.6 Å². The van der Waals surface area contributed by atoms with Crippen molar-refractivity contribution in [3.63, 3.8) is 0 Å². The average molecular weight is 708 g/mol. The van der Waals surface area contributed by atoms with Crippen molar-refractivity contribution >= 4 is 28.7 Å². The normalized spacial score (nSPS) is 17.6. The monoisotopic (exact) mass is 707 g/mol. The highest BCUT2D eigenvalue weighted by molar-refractivity contribution is 5.92. The van der Waals surface area contributed by atoms with E-state index in [1.54, 1.807) is 67.4 Å². The molecule has 53 heavy (non-hydrogen) atoms. The van der Waals surface area contributed by atoms with E-state index in [-0.39, 0.29) is 56.7 Å². The summed E-state index contributed by atoms with van der Waals surface area (Å²) < 4.78 is 1.65. The number of aromatic nitrogens is 4. The maximum Gasteiger partial charge on any atom is 0.334 e. The molecule has 2 fully saturated rings. The zero-order chi connectivity index (χ0) is 36.3. The molecule has 0 spiro atoms. The Hall–Kier alpha value is -6.60. The number of hydrogen-bond acceptors (Lipinski definition) is 8. The zero-order valence-corrected chi connectivity index (χ0v) is 28.8. The number of aromatic hydroxyl groups is 1. The Morgan fingerprint density at radius 2 is 1.62 bits per heavy atom. The van der Waals surface area contributed by atoms with Crippen molar-refractivity contribution in [1.29, 1.82) is 0 Å². The molecule has 4 amide bonds. The molecule has 5 heterocycles. The highest BCUT2D eigenvalue weighted by atomic mass is 16.3. The van der Waals surface area contributed by atoms with E-state index in [4.69, 9.17) is 0 Å². The van der Waals surface area contributed by atoms with Crippen molar-refractivity contribution in [2.45, 2.75) is 38.3 Å². The van der Waals surface area contributed by atoms with Gasteiger partial charge in [0.15, 0.2) is 5.82 Å². The number of piperazine rings is 1. The lowest BCUT2D eigenvalue weighted by Gasteiger charge is -2.55. The van der Waals surface area contributed by atoms with Gasteiger partial charge in [0.25, 0.3) is 0 Å². The van der Waals surface area contributed by atoms with Crippen LogP contribution in [0.25, 0.3) is 16.7 Å². The number of carbonyl (C=O) groups excluding carboxylic acids is 3. The number of pyridine rings is 2. The van der Waals surface area contributed by atoms with Crippen LogP contribution in [-0.4, -0.2) is 87.8 Å². The Morgan fingerprint density at radius 3 is 2.43 bits per heavy atom. The molecular formula is C40H37N9O4. The number of carbonyl (C=O) groups is 3. The van der Waals surface area contributed by atoms with Gasteiger partial charge in [0, 0.05) is 55.6 Å². The van der Waals surface area contributed by atoms with Crippen LogP contribution in [0.2, 0.25) is 0 Å². The van der Waals surface area contributed by atoms with E-state index in [2.05, 4.69) is 20.4 Å². The van der Waals surface area contributed by atoms with E-state index in [1.165, 1.54) is 0 Å². The Bertz CT molecular complexity index is 2240. The lowest BCUT2D eigenvalue weighted by molar-refractivity contribution is -0.192. The predicted molar refractivity (Wildman–Crippen MR) is 196 cm³/mol. The minimum absolute atomic E-state index is 0.0791. The third-order valence-corrected chi connectivity index (χ3v) is 9.67. The summed E-state index contributed by atoms with van der Waals surface area (Å²) in [5, 5.41) is 21.8. The Balaban J connectivity index is 1.16. The summed E-state index contributed by atoms with van der Waals surface area (Å²) >= 11 is 0. The molecule has 2 aliphatic heterocycles. The van der Waals surface area contributed by atoms with E-state index in [9.17, 15) is 19.5 Å². The van der Waals surface area contributed by atoms with Crippen LogP contribution in [0.15, 0.2) is 128 Å². The molecule has 0 saturated carbocycles. The van der Waals surface area contributed by atoms with Gasteiger partial charge in [-0.1, -0.05) is 66.7 Å². The number of nitrogens with one attached hydrogen (secondary N) is 1. The topological polar surface area (TPSA) is 140 Å². The van der Waals surface area contributed by atoms with Crippen molar-refractivity contribution in [2.75, 3.05) is 13.1 Å². The zero-order valence-electron chi connectivity index (χ0n) is 28.8. The van der Waals surface area contributed by atoms with Crippen molar-refractivity contribution < 1.29 is 19.5 Å². The number of amides is 4. The predicted octanol–water partition coefficient (Wildman–Crippen LogP) is 4.27. The highest BCUT2D eigenvalue weighted by Gasteiger charge is 2.51. The number of fused-ring (bicyclic) bond motifs is 2. The summed E-state index contributed by atoms with van der Waals surface area (Å²) in [6, 6.07) is 30.1. The molecule has 6 aromatic rings. The molecule has 0 unspecified atom stereocenters. The molecule has 13 nitrogen and oxygen atoms in total. The molecule has 3 aromatic carbocycles. The molecule has 0 aliphatic carbocycles. The van der Waals surface area contributed by atoms with Crippen LogP contribution in [0.1, 0.15) is 22.3 Å². The number of urea groups is 1. The second-order valence-electron chi connectivity index (χ2n) is 13.2. The lowest BCUT2D eigenvalue weighted by Crippen LogP contribution is -2.76. The number of benzene rings is 3. The third kappa shape index (κ3) is 7.02. The first-order valence-corrected chi connectivity index (χ1v) is 17.4. The quantitative estimate of drug-likeness (QED) is 0.227. The molecule has 266 valence electrons. The molecule has 13 heteroatoms. The van der Waals surface area contributed by atoms with E-state index in [1.807, 2.05) is 85.1 Å². The van der Waals surface area contributed by atoms with Gasteiger partial charge in [-0.2, -0.15) is 5.10 Å². The maximum absolute atomic E-state index is 14.6.